The van der Waals surface area contributed by atoms with Gasteiger partial charge in [-0.2, -0.15) is 4.98 Å². The summed E-state index contributed by atoms with van der Waals surface area (Å²) in [4.78, 5) is 18.7. The zero-order chi connectivity index (χ0) is 13.8. The summed E-state index contributed by atoms with van der Waals surface area (Å²) >= 11 is 1.05. The van der Waals surface area contributed by atoms with Crippen molar-refractivity contribution >= 4 is 17.4 Å². The average Bonchev–Trinajstić information content (AvgIpc) is 2.38. The van der Waals surface area contributed by atoms with Gasteiger partial charge in [0.05, 0.1) is 12.0 Å². The lowest BCUT2D eigenvalue weighted by Gasteiger charge is -2.04. The van der Waals surface area contributed by atoms with Crippen molar-refractivity contribution in [3.8, 4) is 11.6 Å². The van der Waals surface area contributed by atoms with Crippen molar-refractivity contribution < 1.29 is 14.8 Å². The molecule has 1 heterocycles. The highest BCUT2D eigenvalue weighted by Crippen LogP contribution is 2.37. The standard InChI is InChI=1S/C11H9N3O4S/c1-18-10-9(14(16)17)11(13-6-12-10)19-8-4-2-3-7(15)5-8/h2-6,15H,1H3. The maximum atomic E-state index is 11.0. The second-order valence-corrected chi connectivity index (χ2v) is 4.46. The van der Waals surface area contributed by atoms with Crippen molar-refractivity contribution in [3.05, 3.63) is 40.7 Å². The fourth-order valence-electron chi connectivity index (χ4n) is 1.39. The molecule has 0 aliphatic rings. The minimum absolute atomic E-state index is 0.0775. The van der Waals surface area contributed by atoms with Crippen molar-refractivity contribution in [2.24, 2.45) is 0 Å². The van der Waals surface area contributed by atoms with Gasteiger partial charge in [0, 0.05) is 4.90 Å². The van der Waals surface area contributed by atoms with Crippen molar-refractivity contribution in [1.29, 1.82) is 0 Å². The Bertz CT molecular complexity index is 621. The molecular formula is C11H9N3O4S. The number of nitro groups is 1. The lowest BCUT2D eigenvalue weighted by molar-refractivity contribution is -0.389. The van der Waals surface area contributed by atoms with Gasteiger partial charge in [0.15, 0.2) is 5.03 Å². The average molecular weight is 279 g/mol. The van der Waals surface area contributed by atoms with Crippen molar-refractivity contribution in [2.45, 2.75) is 9.92 Å². The van der Waals surface area contributed by atoms with E-state index in [1.165, 1.54) is 25.6 Å². The highest BCUT2D eigenvalue weighted by atomic mass is 32.2. The summed E-state index contributed by atoms with van der Waals surface area (Å²) in [5.74, 6) is -0.0173. The largest absolute Gasteiger partial charge is 0.508 e. The molecule has 1 aromatic heterocycles. The Kier molecular flexibility index (Phi) is 3.81. The number of ether oxygens (including phenoxy) is 1. The number of phenolic OH excluding ortho intramolecular Hbond substituents is 1. The highest BCUT2D eigenvalue weighted by molar-refractivity contribution is 7.99. The number of phenols is 1. The van der Waals surface area contributed by atoms with Crippen LogP contribution in [0.3, 0.4) is 0 Å². The molecule has 98 valence electrons. The Labute approximate surface area is 112 Å². The van der Waals surface area contributed by atoms with Gasteiger partial charge in [-0.3, -0.25) is 10.1 Å². The van der Waals surface area contributed by atoms with Gasteiger partial charge in [0.2, 0.25) is 0 Å². The molecule has 0 amide bonds. The van der Waals surface area contributed by atoms with Crippen LogP contribution in [0.5, 0.6) is 11.6 Å². The summed E-state index contributed by atoms with van der Waals surface area (Å²) in [6, 6.07) is 6.35. The molecule has 0 saturated heterocycles. The number of aromatic hydroxyl groups is 1. The molecule has 1 N–H and O–H groups in total. The third kappa shape index (κ3) is 2.91. The third-order valence-electron chi connectivity index (χ3n) is 2.16. The first-order chi connectivity index (χ1) is 9.11. The molecule has 7 nitrogen and oxygen atoms in total. The Morgan fingerprint density at radius 2 is 2.21 bits per heavy atom. The maximum absolute atomic E-state index is 11.0. The van der Waals surface area contributed by atoms with E-state index < -0.39 is 4.92 Å². The van der Waals surface area contributed by atoms with Gasteiger partial charge in [0.25, 0.3) is 5.88 Å². The number of methoxy groups -OCH3 is 1. The summed E-state index contributed by atoms with van der Waals surface area (Å²) in [5.41, 5.74) is -0.293. The molecule has 2 aromatic rings. The van der Waals surface area contributed by atoms with Crippen molar-refractivity contribution in [1.82, 2.24) is 9.97 Å². The van der Waals surface area contributed by atoms with E-state index in [1.807, 2.05) is 0 Å². The molecule has 1 aromatic carbocycles. The number of hydrogen-bond donors (Lipinski definition) is 1. The fourth-order valence-corrected chi connectivity index (χ4v) is 2.29. The Morgan fingerprint density at radius 1 is 1.42 bits per heavy atom. The molecule has 0 aliphatic heterocycles. The van der Waals surface area contributed by atoms with Gasteiger partial charge in [0.1, 0.15) is 12.1 Å². The van der Waals surface area contributed by atoms with Crippen molar-refractivity contribution in [2.75, 3.05) is 7.11 Å². The van der Waals surface area contributed by atoms with Crippen molar-refractivity contribution in [3.63, 3.8) is 0 Å². The lowest BCUT2D eigenvalue weighted by atomic mass is 10.3. The number of aromatic nitrogens is 2. The van der Waals surface area contributed by atoms with E-state index in [-0.39, 0.29) is 22.3 Å². The highest BCUT2D eigenvalue weighted by Gasteiger charge is 2.24. The van der Waals surface area contributed by atoms with Gasteiger partial charge < -0.3 is 9.84 Å². The lowest BCUT2D eigenvalue weighted by Crippen LogP contribution is -1.99. The van der Waals surface area contributed by atoms with Crippen LogP contribution in [-0.2, 0) is 0 Å². The van der Waals surface area contributed by atoms with Crippen LogP contribution in [0, 0.1) is 10.1 Å². The molecule has 0 aliphatic carbocycles. The predicted molar refractivity (Wildman–Crippen MR) is 67.5 cm³/mol. The maximum Gasteiger partial charge on any atom is 0.363 e. The molecule has 19 heavy (non-hydrogen) atoms. The van der Waals surface area contributed by atoms with E-state index in [9.17, 15) is 15.2 Å². The molecule has 0 unspecified atom stereocenters. The second-order valence-electron chi connectivity index (χ2n) is 3.39. The van der Waals surface area contributed by atoms with E-state index >= 15 is 0 Å². The van der Waals surface area contributed by atoms with Crippen LogP contribution < -0.4 is 4.74 Å². The van der Waals surface area contributed by atoms with Crippen LogP contribution in [-0.4, -0.2) is 27.1 Å². The Morgan fingerprint density at radius 3 is 2.84 bits per heavy atom. The van der Waals surface area contributed by atoms with Gasteiger partial charge in [-0.1, -0.05) is 17.8 Å². The molecule has 0 saturated carbocycles. The third-order valence-corrected chi connectivity index (χ3v) is 3.14. The number of nitrogens with zero attached hydrogens (tertiary/aromatic N) is 3. The molecule has 0 fully saturated rings. The normalized spacial score (nSPS) is 10.2. The minimum Gasteiger partial charge on any atom is -0.508 e. The summed E-state index contributed by atoms with van der Waals surface area (Å²) < 4.78 is 4.85. The monoisotopic (exact) mass is 279 g/mol. The Balaban J connectivity index is 2.42. The zero-order valence-electron chi connectivity index (χ0n) is 9.81. The first-order valence-electron chi connectivity index (χ1n) is 5.12. The smallest absolute Gasteiger partial charge is 0.363 e. The molecule has 0 bridgehead atoms. The fraction of sp³-hybridized carbons (Fsp3) is 0.0909. The van der Waals surface area contributed by atoms with Crippen LogP contribution in [0.4, 0.5) is 5.69 Å². The molecule has 0 radical (unpaired) electrons. The first kappa shape index (κ1) is 13.1. The number of rotatable bonds is 4. The molecule has 0 spiro atoms. The molecule has 8 heteroatoms. The number of benzene rings is 1. The van der Waals surface area contributed by atoms with Crippen LogP contribution in [0.1, 0.15) is 0 Å². The number of hydrogen-bond acceptors (Lipinski definition) is 7. The van der Waals surface area contributed by atoms with E-state index in [4.69, 9.17) is 4.74 Å². The Hall–Kier alpha value is -2.35. The summed E-state index contributed by atoms with van der Waals surface area (Å²) in [7, 11) is 1.30. The van der Waals surface area contributed by atoms with E-state index in [1.54, 1.807) is 12.1 Å². The van der Waals surface area contributed by atoms with Crippen LogP contribution in [0.15, 0.2) is 40.5 Å². The van der Waals surface area contributed by atoms with E-state index in [2.05, 4.69) is 9.97 Å². The van der Waals surface area contributed by atoms with E-state index in [0.717, 1.165) is 11.8 Å². The predicted octanol–water partition coefficient (Wildman–Crippen LogP) is 2.25. The second kappa shape index (κ2) is 5.53. The summed E-state index contributed by atoms with van der Waals surface area (Å²) in [6.07, 6.45) is 1.19. The quantitative estimate of drug-likeness (QED) is 0.520. The summed E-state index contributed by atoms with van der Waals surface area (Å²) in [6.45, 7) is 0. The minimum atomic E-state index is -0.593. The van der Waals surface area contributed by atoms with Gasteiger partial charge >= 0.3 is 5.69 Å². The zero-order valence-corrected chi connectivity index (χ0v) is 10.6. The SMILES string of the molecule is COc1ncnc(Sc2cccc(O)c2)c1[N+](=O)[O-]. The van der Waals surface area contributed by atoms with Crippen LogP contribution in [0.2, 0.25) is 0 Å². The van der Waals surface area contributed by atoms with Gasteiger partial charge in [-0.25, -0.2) is 4.98 Å². The van der Waals surface area contributed by atoms with Crippen LogP contribution in [0.25, 0.3) is 0 Å². The first-order valence-corrected chi connectivity index (χ1v) is 5.93. The summed E-state index contributed by atoms with van der Waals surface area (Å²) in [5, 5.41) is 20.6. The van der Waals surface area contributed by atoms with E-state index in [0.29, 0.717) is 4.90 Å². The molecule has 2 rings (SSSR count). The van der Waals surface area contributed by atoms with Crippen LogP contribution >= 0.6 is 11.8 Å². The van der Waals surface area contributed by atoms with Gasteiger partial charge in [-0.05, 0) is 18.2 Å². The topological polar surface area (TPSA) is 98.4 Å². The molecule has 0 atom stereocenters. The van der Waals surface area contributed by atoms with Gasteiger partial charge in [-0.15, -0.1) is 0 Å². The molecular weight excluding hydrogens is 270 g/mol.